The highest BCUT2D eigenvalue weighted by molar-refractivity contribution is 5.63. The number of benzene rings is 3. The number of hydrogen-bond acceptors (Lipinski definition) is 5. The zero-order valence-electron chi connectivity index (χ0n) is 19.9. The summed E-state index contributed by atoms with van der Waals surface area (Å²) in [5, 5.41) is 0. The monoisotopic (exact) mass is 445 g/mol. The van der Waals surface area contributed by atoms with Crippen molar-refractivity contribution in [2.45, 2.75) is 25.4 Å². The molecule has 0 N–H and O–H groups in total. The minimum atomic E-state index is 0.0955. The molecule has 1 aliphatic rings. The van der Waals surface area contributed by atoms with Gasteiger partial charge in [0.15, 0.2) is 23.0 Å². The van der Waals surface area contributed by atoms with E-state index in [0.29, 0.717) is 0 Å². The molecule has 0 unspecified atom stereocenters. The van der Waals surface area contributed by atoms with Crippen molar-refractivity contribution in [2.24, 2.45) is 0 Å². The van der Waals surface area contributed by atoms with Gasteiger partial charge in [0, 0.05) is 6.20 Å². The van der Waals surface area contributed by atoms with E-state index in [9.17, 15) is 0 Å². The van der Waals surface area contributed by atoms with E-state index in [4.69, 9.17) is 18.9 Å². The van der Waals surface area contributed by atoms with Crippen molar-refractivity contribution in [1.82, 2.24) is 4.90 Å². The van der Waals surface area contributed by atoms with Crippen LogP contribution in [0.25, 0.3) is 6.08 Å². The Bertz CT molecular complexity index is 1130. The fourth-order valence-corrected chi connectivity index (χ4v) is 4.52. The molecule has 2 atom stereocenters. The van der Waals surface area contributed by atoms with Gasteiger partial charge in [-0.05, 0) is 65.9 Å². The van der Waals surface area contributed by atoms with E-state index in [1.54, 1.807) is 28.4 Å². The Labute approximate surface area is 196 Å². The van der Waals surface area contributed by atoms with Crippen LogP contribution in [0.4, 0.5) is 0 Å². The molecule has 0 amide bonds. The van der Waals surface area contributed by atoms with Gasteiger partial charge in [0.1, 0.15) is 0 Å². The summed E-state index contributed by atoms with van der Waals surface area (Å²) in [5.74, 6) is 2.93. The van der Waals surface area contributed by atoms with Crippen LogP contribution in [0.2, 0.25) is 0 Å². The Morgan fingerprint density at radius 1 is 0.758 bits per heavy atom. The van der Waals surface area contributed by atoms with Gasteiger partial charge in [0.05, 0.1) is 40.5 Å². The van der Waals surface area contributed by atoms with Crippen molar-refractivity contribution >= 4 is 6.08 Å². The fourth-order valence-electron chi connectivity index (χ4n) is 4.52. The van der Waals surface area contributed by atoms with Gasteiger partial charge in [-0.15, -0.1) is 0 Å². The Balaban J connectivity index is 1.78. The number of rotatable bonds is 8. The number of fused-ring (bicyclic) bond motifs is 1. The number of ether oxygens (including phenoxy) is 4. The Kier molecular flexibility index (Phi) is 6.78. The summed E-state index contributed by atoms with van der Waals surface area (Å²) in [7, 11) is 6.67. The molecule has 4 rings (SSSR count). The lowest BCUT2D eigenvalue weighted by Crippen LogP contribution is -2.31. The molecule has 0 radical (unpaired) electrons. The van der Waals surface area contributed by atoms with E-state index in [-0.39, 0.29) is 12.1 Å². The van der Waals surface area contributed by atoms with Crippen LogP contribution in [-0.4, -0.2) is 33.3 Å². The van der Waals surface area contributed by atoms with E-state index in [1.165, 1.54) is 16.7 Å². The lowest BCUT2D eigenvalue weighted by Gasteiger charge is -2.40. The molecular weight excluding hydrogens is 414 g/mol. The van der Waals surface area contributed by atoms with Crippen LogP contribution in [0.3, 0.4) is 0 Å². The highest BCUT2D eigenvalue weighted by atomic mass is 16.5. The van der Waals surface area contributed by atoms with Crippen LogP contribution >= 0.6 is 0 Å². The molecule has 3 aromatic carbocycles. The van der Waals surface area contributed by atoms with Crippen molar-refractivity contribution in [1.29, 1.82) is 0 Å². The van der Waals surface area contributed by atoms with Crippen molar-refractivity contribution in [3.63, 3.8) is 0 Å². The Hall–Kier alpha value is -3.60. The second-order valence-corrected chi connectivity index (χ2v) is 8.09. The molecule has 1 aliphatic heterocycles. The topological polar surface area (TPSA) is 40.2 Å². The van der Waals surface area contributed by atoms with Crippen LogP contribution < -0.4 is 18.9 Å². The predicted octanol–water partition coefficient (Wildman–Crippen LogP) is 6.05. The molecule has 3 aromatic rings. The molecule has 5 heteroatoms. The molecule has 0 aromatic heterocycles. The fraction of sp³-hybridized carbons (Fsp3) is 0.286. The summed E-state index contributed by atoms with van der Waals surface area (Å²) >= 11 is 0. The van der Waals surface area contributed by atoms with Gasteiger partial charge >= 0.3 is 0 Å². The number of hydrogen-bond donors (Lipinski definition) is 0. The highest BCUT2D eigenvalue weighted by Crippen LogP contribution is 2.43. The molecule has 33 heavy (non-hydrogen) atoms. The largest absolute Gasteiger partial charge is 0.493 e. The van der Waals surface area contributed by atoms with Crippen molar-refractivity contribution < 1.29 is 18.9 Å². The minimum absolute atomic E-state index is 0.0955. The van der Waals surface area contributed by atoms with Gasteiger partial charge in [-0.3, -0.25) is 0 Å². The van der Waals surface area contributed by atoms with Crippen molar-refractivity contribution in [3.8, 4) is 23.0 Å². The Morgan fingerprint density at radius 2 is 1.39 bits per heavy atom. The van der Waals surface area contributed by atoms with Crippen molar-refractivity contribution in [3.05, 3.63) is 89.1 Å². The zero-order chi connectivity index (χ0) is 23.4. The first-order chi connectivity index (χ1) is 16.1. The minimum Gasteiger partial charge on any atom is -0.493 e. The van der Waals surface area contributed by atoms with E-state index in [0.717, 1.165) is 35.0 Å². The van der Waals surface area contributed by atoms with Crippen LogP contribution in [0, 0.1) is 0 Å². The molecule has 0 fully saturated rings. The second kappa shape index (κ2) is 9.90. The average molecular weight is 446 g/mol. The summed E-state index contributed by atoms with van der Waals surface area (Å²) in [6.07, 6.45) is 5.14. The average Bonchev–Trinajstić information content (AvgIpc) is 2.88. The van der Waals surface area contributed by atoms with E-state index in [1.807, 2.05) is 6.07 Å². The summed E-state index contributed by atoms with van der Waals surface area (Å²) in [4.78, 5) is 2.42. The third kappa shape index (κ3) is 4.49. The van der Waals surface area contributed by atoms with Crippen LogP contribution in [0.5, 0.6) is 23.0 Å². The van der Waals surface area contributed by atoms with E-state index < -0.39 is 0 Å². The summed E-state index contributed by atoms with van der Waals surface area (Å²) in [6.45, 7) is 2.24. The van der Waals surface area contributed by atoms with Crippen molar-refractivity contribution in [2.75, 3.05) is 28.4 Å². The first-order valence-electron chi connectivity index (χ1n) is 11.1. The van der Waals surface area contributed by atoms with E-state index in [2.05, 4.69) is 78.7 Å². The lowest BCUT2D eigenvalue weighted by molar-refractivity contribution is 0.214. The molecule has 0 bridgehead atoms. The highest BCUT2D eigenvalue weighted by Gasteiger charge is 2.29. The van der Waals surface area contributed by atoms with Gasteiger partial charge in [-0.2, -0.15) is 0 Å². The van der Waals surface area contributed by atoms with Crippen LogP contribution in [-0.2, 0) is 6.42 Å². The van der Waals surface area contributed by atoms with Gasteiger partial charge in [0.2, 0.25) is 0 Å². The molecule has 0 saturated heterocycles. The van der Waals surface area contributed by atoms with Gasteiger partial charge in [-0.1, -0.05) is 36.4 Å². The first kappa shape index (κ1) is 22.6. The molecule has 5 nitrogen and oxygen atoms in total. The summed E-state index contributed by atoms with van der Waals surface area (Å²) < 4.78 is 22.2. The van der Waals surface area contributed by atoms with Gasteiger partial charge in [0.25, 0.3) is 0 Å². The first-order valence-corrected chi connectivity index (χ1v) is 11.1. The number of nitrogens with zero attached hydrogens (tertiary/aromatic N) is 1. The van der Waals surface area contributed by atoms with Crippen LogP contribution in [0.1, 0.15) is 41.3 Å². The third-order valence-electron chi connectivity index (χ3n) is 6.34. The molecule has 0 spiro atoms. The maximum atomic E-state index is 5.64. The third-order valence-corrected chi connectivity index (χ3v) is 6.34. The predicted molar refractivity (Wildman–Crippen MR) is 131 cm³/mol. The lowest BCUT2D eigenvalue weighted by atomic mass is 9.89. The Morgan fingerprint density at radius 3 is 2.06 bits per heavy atom. The maximum Gasteiger partial charge on any atom is 0.161 e. The molecule has 0 saturated carbocycles. The number of methoxy groups -OCH3 is 4. The second-order valence-electron chi connectivity index (χ2n) is 8.09. The standard InChI is InChI=1S/C28H31NO4/c1-19(21-9-7-6-8-10-21)29-14-13-22-17-27(32-4)28(33-5)18-23(22)24(29)15-20-11-12-25(30-2)26(16-20)31-3/h6-14,16-19,24H,15H2,1-5H3/t19-,24-/m0/s1. The zero-order valence-corrected chi connectivity index (χ0v) is 19.9. The molecular formula is C28H31NO4. The molecule has 1 heterocycles. The normalized spacial score (nSPS) is 15.5. The summed E-state index contributed by atoms with van der Waals surface area (Å²) in [6, 6.07) is 21.1. The SMILES string of the molecule is COc1ccc(C[C@H]2c3cc(OC)c(OC)cc3C=CN2[C@@H](C)c2ccccc2)cc1OC. The molecule has 172 valence electrons. The van der Waals surface area contributed by atoms with Crippen LogP contribution in [0.15, 0.2) is 66.9 Å². The van der Waals surface area contributed by atoms with Gasteiger partial charge in [-0.25, -0.2) is 0 Å². The summed E-state index contributed by atoms with van der Waals surface area (Å²) in [5.41, 5.74) is 4.77. The quantitative estimate of drug-likeness (QED) is 0.422. The maximum absolute atomic E-state index is 5.64. The smallest absolute Gasteiger partial charge is 0.161 e. The molecule has 0 aliphatic carbocycles. The van der Waals surface area contributed by atoms with E-state index >= 15 is 0 Å². The van der Waals surface area contributed by atoms with Gasteiger partial charge < -0.3 is 23.8 Å².